The van der Waals surface area contributed by atoms with Crippen LogP contribution in [0, 0.1) is 17.7 Å². The molecule has 2 fully saturated rings. The maximum atomic E-state index is 14.0. The highest BCUT2D eigenvalue weighted by molar-refractivity contribution is 5.75. The number of hydrogen-bond donors (Lipinski definition) is 0. The van der Waals surface area contributed by atoms with Crippen LogP contribution in [0.15, 0.2) is 72.8 Å². The minimum Gasteiger partial charge on any atom is -0.321 e. The van der Waals surface area contributed by atoms with Crippen molar-refractivity contribution in [2.75, 3.05) is 26.7 Å². The molecule has 0 bridgehead atoms. The van der Waals surface area contributed by atoms with E-state index >= 15 is 0 Å². The molecule has 5 rings (SSSR count). The average Bonchev–Trinajstić information content (AvgIpc) is 3.38. The molecule has 3 aromatic rings. The molecule has 0 radical (unpaired) electrons. The monoisotopic (exact) mass is 607 g/mol. The van der Waals surface area contributed by atoms with E-state index in [1.165, 1.54) is 31.0 Å². The largest absolute Gasteiger partial charge is 0.416 e. The van der Waals surface area contributed by atoms with E-state index in [0.29, 0.717) is 31.6 Å². The maximum Gasteiger partial charge on any atom is 0.416 e. The van der Waals surface area contributed by atoms with Gasteiger partial charge in [0.25, 0.3) is 0 Å². The molecule has 2 amide bonds. The van der Waals surface area contributed by atoms with Gasteiger partial charge in [-0.1, -0.05) is 42.5 Å². The number of likely N-dealkylation sites (tertiary alicyclic amines) is 2. The van der Waals surface area contributed by atoms with Gasteiger partial charge in [0.15, 0.2) is 0 Å². The van der Waals surface area contributed by atoms with Gasteiger partial charge in [-0.3, -0.25) is 4.90 Å². The zero-order valence-electron chi connectivity index (χ0n) is 23.7. The number of alkyl halides is 6. The fourth-order valence-corrected chi connectivity index (χ4v) is 6.41. The summed E-state index contributed by atoms with van der Waals surface area (Å²) in [4.78, 5) is 19.1. The maximum absolute atomic E-state index is 14.0. The van der Waals surface area contributed by atoms with Crippen LogP contribution in [0.4, 0.5) is 35.5 Å². The Labute approximate surface area is 245 Å². The smallest absolute Gasteiger partial charge is 0.321 e. The molecular formula is C32H32F7N3O. The molecule has 230 valence electrons. The summed E-state index contributed by atoms with van der Waals surface area (Å²) >= 11 is 0. The second kappa shape index (κ2) is 11.8. The van der Waals surface area contributed by atoms with Crippen LogP contribution < -0.4 is 0 Å². The molecule has 2 aliphatic heterocycles. The van der Waals surface area contributed by atoms with Gasteiger partial charge in [0, 0.05) is 39.1 Å². The predicted octanol–water partition coefficient (Wildman–Crippen LogP) is 8.17. The molecule has 0 aromatic heterocycles. The average molecular weight is 608 g/mol. The fourth-order valence-electron chi connectivity index (χ4n) is 6.41. The molecule has 2 aliphatic rings. The topological polar surface area (TPSA) is 26.8 Å². The number of amides is 2. The van der Waals surface area contributed by atoms with Crippen molar-refractivity contribution in [2.45, 2.75) is 44.3 Å². The minimum absolute atomic E-state index is 0.000897. The van der Waals surface area contributed by atoms with E-state index < -0.39 is 47.4 Å². The molecule has 0 aliphatic carbocycles. The van der Waals surface area contributed by atoms with E-state index in [2.05, 4.69) is 4.90 Å². The van der Waals surface area contributed by atoms with Gasteiger partial charge in [0.05, 0.1) is 23.2 Å². The minimum atomic E-state index is -5.00. The summed E-state index contributed by atoms with van der Waals surface area (Å²) in [5, 5.41) is 0. The number of carbonyl (C=O) groups is 1. The Morgan fingerprint density at radius 1 is 0.907 bits per heavy atom. The standard InChI is InChI=1S/C32H32F7N3O/c1-20(24-14-25(31(34,35)36)16-26(15-24)32(37,38)39)40(2)30(43)42-13-12-23-18-41(17-21-6-4-3-5-7-21)19-28(23)29(42)22-8-10-27(33)11-9-22/h3-11,14-16,20,23,28-29H,12-13,17-19H2,1-2H3. The first-order valence-electron chi connectivity index (χ1n) is 14.1. The summed E-state index contributed by atoms with van der Waals surface area (Å²) in [7, 11) is 1.38. The number of piperidine rings is 1. The van der Waals surface area contributed by atoms with Crippen LogP contribution in [-0.2, 0) is 18.9 Å². The Balaban J connectivity index is 1.44. The summed E-state index contributed by atoms with van der Waals surface area (Å²) in [6, 6.07) is 15.2. The lowest BCUT2D eigenvalue weighted by molar-refractivity contribution is -0.143. The third-order valence-corrected chi connectivity index (χ3v) is 8.73. The second-order valence-electron chi connectivity index (χ2n) is 11.5. The zero-order chi connectivity index (χ0) is 31.1. The number of rotatable bonds is 5. The van der Waals surface area contributed by atoms with Gasteiger partial charge in [0.1, 0.15) is 5.82 Å². The van der Waals surface area contributed by atoms with E-state index in [4.69, 9.17) is 0 Å². The van der Waals surface area contributed by atoms with E-state index in [9.17, 15) is 35.5 Å². The molecular weight excluding hydrogens is 575 g/mol. The molecule has 2 heterocycles. The van der Waals surface area contributed by atoms with Gasteiger partial charge in [0.2, 0.25) is 0 Å². The van der Waals surface area contributed by atoms with Gasteiger partial charge >= 0.3 is 18.4 Å². The van der Waals surface area contributed by atoms with Crippen molar-refractivity contribution >= 4 is 6.03 Å². The van der Waals surface area contributed by atoms with E-state index in [0.717, 1.165) is 24.2 Å². The molecule has 43 heavy (non-hydrogen) atoms. The van der Waals surface area contributed by atoms with Gasteiger partial charge in [-0.15, -0.1) is 0 Å². The first kappa shape index (κ1) is 30.8. The van der Waals surface area contributed by atoms with Gasteiger partial charge < -0.3 is 9.80 Å². The quantitative estimate of drug-likeness (QED) is 0.274. The summed E-state index contributed by atoms with van der Waals surface area (Å²) < 4.78 is 95.0. The lowest BCUT2D eigenvalue weighted by Gasteiger charge is -2.45. The van der Waals surface area contributed by atoms with Crippen molar-refractivity contribution < 1.29 is 35.5 Å². The Morgan fingerprint density at radius 2 is 1.51 bits per heavy atom. The first-order valence-corrected chi connectivity index (χ1v) is 14.1. The van der Waals surface area contributed by atoms with Crippen LogP contribution in [0.3, 0.4) is 0 Å². The summed E-state index contributed by atoms with van der Waals surface area (Å²) in [5.74, 6) is -0.175. The van der Waals surface area contributed by atoms with Crippen LogP contribution in [-0.4, -0.2) is 47.4 Å². The van der Waals surface area contributed by atoms with Crippen molar-refractivity contribution in [2.24, 2.45) is 11.8 Å². The third-order valence-electron chi connectivity index (χ3n) is 8.73. The number of urea groups is 1. The van der Waals surface area contributed by atoms with Crippen LogP contribution in [0.25, 0.3) is 0 Å². The SMILES string of the molecule is CC(c1cc(C(F)(F)F)cc(C(F)(F)F)c1)N(C)C(=O)N1CCC2CN(Cc3ccccc3)CC2C1c1ccc(F)cc1. The number of benzene rings is 3. The van der Waals surface area contributed by atoms with Gasteiger partial charge in [-0.2, -0.15) is 26.3 Å². The molecule has 0 spiro atoms. The molecule has 4 unspecified atom stereocenters. The number of halogens is 7. The number of hydrogen-bond acceptors (Lipinski definition) is 2. The zero-order valence-corrected chi connectivity index (χ0v) is 23.7. The molecule has 0 saturated carbocycles. The normalized spacial score (nSPS) is 21.9. The third kappa shape index (κ3) is 6.66. The molecule has 3 aromatic carbocycles. The summed E-state index contributed by atoms with van der Waals surface area (Å²) in [5.41, 5.74) is -1.26. The van der Waals surface area contributed by atoms with Crippen molar-refractivity contribution in [3.8, 4) is 0 Å². The van der Waals surface area contributed by atoms with Crippen LogP contribution in [0.5, 0.6) is 0 Å². The Bertz CT molecular complexity index is 1390. The van der Waals surface area contributed by atoms with E-state index in [1.807, 2.05) is 30.3 Å². The van der Waals surface area contributed by atoms with Gasteiger partial charge in [-0.05, 0) is 66.3 Å². The number of fused-ring (bicyclic) bond motifs is 1. The molecule has 2 saturated heterocycles. The Kier molecular flexibility index (Phi) is 8.48. The van der Waals surface area contributed by atoms with Crippen molar-refractivity contribution in [3.63, 3.8) is 0 Å². The lowest BCUT2D eigenvalue weighted by atomic mass is 9.79. The number of nitrogens with zero attached hydrogens (tertiary/aromatic N) is 3. The lowest BCUT2D eigenvalue weighted by Crippen LogP contribution is -2.50. The first-order chi connectivity index (χ1) is 20.2. The predicted molar refractivity (Wildman–Crippen MR) is 147 cm³/mol. The Hall–Kier alpha value is -3.60. The molecule has 4 atom stereocenters. The summed E-state index contributed by atoms with van der Waals surface area (Å²) in [6.07, 6.45) is -9.31. The Morgan fingerprint density at radius 3 is 2.09 bits per heavy atom. The van der Waals surface area contributed by atoms with Gasteiger partial charge in [-0.25, -0.2) is 9.18 Å². The van der Waals surface area contributed by atoms with E-state index in [-0.39, 0.29) is 23.5 Å². The number of carbonyl (C=O) groups excluding carboxylic acids is 1. The highest BCUT2D eigenvalue weighted by Gasteiger charge is 2.47. The highest BCUT2D eigenvalue weighted by atomic mass is 19.4. The molecule has 4 nitrogen and oxygen atoms in total. The fraction of sp³-hybridized carbons (Fsp3) is 0.406. The van der Waals surface area contributed by atoms with E-state index in [1.54, 1.807) is 17.0 Å². The molecule has 11 heteroatoms. The second-order valence-corrected chi connectivity index (χ2v) is 11.5. The van der Waals surface area contributed by atoms with Crippen LogP contribution in [0.1, 0.15) is 53.2 Å². The van der Waals surface area contributed by atoms with Crippen molar-refractivity contribution in [1.29, 1.82) is 0 Å². The summed E-state index contributed by atoms with van der Waals surface area (Å²) in [6.45, 7) is 3.97. The van der Waals surface area contributed by atoms with Crippen LogP contribution in [0.2, 0.25) is 0 Å². The van der Waals surface area contributed by atoms with Crippen LogP contribution >= 0.6 is 0 Å². The highest BCUT2D eigenvalue weighted by Crippen LogP contribution is 2.45. The van der Waals surface area contributed by atoms with Crippen molar-refractivity contribution in [1.82, 2.24) is 14.7 Å². The van der Waals surface area contributed by atoms with Crippen molar-refractivity contribution in [3.05, 3.63) is 106 Å². The molecule has 0 N–H and O–H groups in total.